The van der Waals surface area contributed by atoms with Crippen molar-refractivity contribution in [1.82, 2.24) is 5.32 Å². The van der Waals surface area contributed by atoms with Crippen LogP contribution in [0.15, 0.2) is 89.3 Å². The lowest BCUT2D eigenvalue weighted by Gasteiger charge is -2.37. The first-order chi connectivity index (χ1) is 18.9. The van der Waals surface area contributed by atoms with E-state index in [1.54, 1.807) is 12.1 Å². The normalized spacial score (nSPS) is 13.6. The quantitative estimate of drug-likeness (QED) is 0.186. The minimum absolute atomic E-state index is 0.00964. The third-order valence-corrected chi connectivity index (χ3v) is 12.4. The number of aliphatic carboxylic acids is 1. The third-order valence-electron chi connectivity index (χ3n) is 7.89. The van der Waals surface area contributed by atoms with Crippen LogP contribution in [-0.4, -0.2) is 37.9 Å². The Hall–Kier alpha value is -3.68. The van der Waals surface area contributed by atoms with Gasteiger partial charge in [0.2, 0.25) is 0 Å². The van der Waals surface area contributed by atoms with Crippen LogP contribution in [0.25, 0.3) is 22.3 Å². The summed E-state index contributed by atoms with van der Waals surface area (Å²) in [5.74, 6) is -1.07. The number of rotatable bonds is 11. The molecule has 6 nitrogen and oxygen atoms in total. The van der Waals surface area contributed by atoms with E-state index in [4.69, 9.17) is 8.84 Å². The van der Waals surface area contributed by atoms with E-state index < -0.39 is 26.2 Å². The molecule has 3 aromatic carbocycles. The summed E-state index contributed by atoms with van der Waals surface area (Å²) in [6, 6.07) is 26.2. The summed E-state index contributed by atoms with van der Waals surface area (Å²) in [7, 11) is -2.12. The fourth-order valence-electron chi connectivity index (χ4n) is 4.39. The maximum atomic E-state index is 13.3. The molecule has 7 heteroatoms. The number of carbonyl (C=O) groups excluding carboxylic acids is 1. The second kappa shape index (κ2) is 12.2. The molecular formula is C33H39NO5Si. The van der Waals surface area contributed by atoms with Gasteiger partial charge in [0.15, 0.2) is 8.32 Å². The average molecular weight is 558 g/mol. The molecule has 0 aliphatic heterocycles. The Labute approximate surface area is 237 Å². The molecule has 2 N–H and O–H groups in total. The number of fused-ring (bicyclic) bond motifs is 1. The van der Waals surface area contributed by atoms with Gasteiger partial charge in [-0.15, -0.1) is 0 Å². The number of furan rings is 1. The van der Waals surface area contributed by atoms with Crippen LogP contribution >= 0.6 is 0 Å². The lowest BCUT2D eigenvalue weighted by atomic mass is 9.92. The van der Waals surface area contributed by atoms with Crippen LogP contribution in [0.5, 0.6) is 0 Å². The lowest BCUT2D eigenvalue weighted by Crippen LogP contribution is -2.47. The van der Waals surface area contributed by atoms with Crippen molar-refractivity contribution in [3.63, 3.8) is 0 Å². The van der Waals surface area contributed by atoms with Gasteiger partial charge in [-0.1, -0.05) is 81.4 Å². The zero-order chi connectivity index (χ0) is 28.9. The zero-order valence-corrected chi connectivity index (χ0v) is 24.9. The number of carboxylic acid groups (broad SMARTS) is 1. The Kier molecular flexibility index (Phi) is 8.96. The number of carbonyl (C=O) groups is 2. The van der Waals surface area contributed by atoms with Crippen molar-refractivity contribution < 1.29 is 23.5 Å². The van der Waals surface area contributed by atoms with E-state index in [-0.39, 0.29) is 24.0 Å². The number of benzene rings is 3. The van der Waals surface area contributed by atoms with Gasteiger partial charge in [-0.3, -0.25) is 9.59 Å². The van der Waals surface area contributed by atoms with Gasteiger partial charge in [0.25, 0.3) is 5.91 Å². The van der Waals surface area contributed by atoms with E-state index in [0.29, 0.717) is 12.0 Å². The van der Waals surface area contributed by atoms with Crippen molar-refractivity contribution in [3.05, 3.63) is 96.1 Å². The standard InChI is InChI=1S/C33H39NO5Si/c1-33(2,3)40(4,5)38-22-28(20-27(32(36)37)19-23-11-7-6-8-12-23)34-31(35)25-17-15-24(16-18-25)30-21-26-13-9-10-14-29(26)39-30/h6-18,21,27-28H,19-20,22H2,1-5H3,(H,34,35)(H,36,37). The van der Waals surface area contributed by atoms with E-state index in [9.17, 15) is 14.7 Å². The Morgan fingerprint density at radius 1 is 0.950 bits per heavy atom. The number of carboxylic acids is 1. The van der Waals surface area contributed by atoms with Crippen LogP contribution in [0, 0.1) is 5.92 Å². The van der Waals surface area contributed by atoms with Gasteiger partial charge in [0.1, 0.15) is 11.3 Å². The van der Waals surface area contributed by atoms with Gasteiger partial charge >= 0.3 is 5.97 Å². The number of hydrogen-bond donors (Lipinski definition) is 2. The molecule has 0 saturated heterocycles. The van der Waals surface area contributed by atoms with Gasteiger partial charge in [0, 0.05) is 16.5 Å². The molecule has 0 bridgehead atoms. The van der Waals surface area contributed by atoms with Crippen LogP contribution in [0.4, 0.5) is 0 Å². The van der Waals surface area contributed by atoms with Crippen molar-refractivity contribution in [2.45, 2.75) is 57.8 Å². The predicted molar refractivity (Wildman–Crippen MR) is 162 cm³/mol. The van der Waals surface area contributed by atoms with Crippen molar-refractivity contribution in [3.8, 4) is 11.3 Å². The van der Waals surface area contributed by atoms with Crippen LogP contribution in [-0.2, 0) is 15.6 Å². The van der Waals surface area contributed by atoms with E-state index >= 15 is 0 Å². The van der Waals surface area contributed by atoms with E-state index in [0.717, 1.165) is 27.9 Å². The SMILES string of the molecule is CC(C)(C)[Si](C)(C)OCC(CC(Cc1ccccc1)C(=O)O)NC(=O)c1ccc(-c2cc3ccccc3o2)cc1. The van der Waals surface area contributed by atoms with Crippen molar-refractivity contribution in [1.29, 1.82) is 0 Å². The lowest BCUT2D eigenvalue weighted by molar-refractivity contribution is -0.142. The molecule has 0 aliphatic rings. The Morgan fingerprint density at radius 3 is 2.23 bits per heavy atom. The minimum atomic E-state index is -2.12. The number of para-hydroxylation sites is 1. The van der Waals surface area contributed by atoms with Crippen LogP contribution < -0.4 is 5.32 Å². The number of nitrogens with one attached hydrogen (secondary N) is 1. The smallest absolute Gasteiger partial charge is 0.306 e. The zero-order valence-electron chi connectivity index (χ0n) is 23.9. The summed E-state index contributed by atoms with van der Waals surface area (Å²) >= 11 is 0. The van der Waals surface area contributed by atoms with Crippen LogP contribution in [0.1, 0.15) is 43.1 Å². The fourth-order valence-corrected chi connectivity index (χ4v) is 5.44. The molecular weight excluding hydrogens is 518 g/mol. The summed E-state index contributed by atoms with van der Waals surface area (Å²) in [5, 5.41) is 14.1. The summed E-state index contributed by atoms with van der Waals surface area (Å²) in [5.41, 5.74) is 3.13. The number of amides is 1. The summed E-state index contributed by atoms with van der Waals surface area (Å²) in [6.07, 6.45) is 0.649. The summed E-state index contributed by atoms with van der Waals surface area (Å²) in [4.78, 5) is 25.6. The fraction of sp³-hybridized carbons (Fsp3) is 0.333. The molecule has 4 aromatic rings. The molecule has 210 valence electrons. The summed E-state index contributed by atoms with van der Waals surface area (Å²) < 4.78 is 12.4. The molecule has 2 atom stereocenters. The predicted octanol–water partition coefficient (Wildman–Crippen LogP) is 7.55. The van der Waals surface area contributed by atoms with Gasteiger partial charge in [-0.2, -0.15) is 0 Å². The van der Waals surface area contributed by atoms with Gasteiger partial charge in [-0.25, -0.2) is 0 Å². The molecule has 0 radical (unpaired) electrons. The first-order valence-electron chi connectivity index (χ1n) is 13.7. The minimum Gasteiger partial charge on any atom is -0.481 e. The highest BCUT2D eigenvalue weighted by atomic mass is 28.4. The Balaban J connectivity index is 1.51. The molecule has 0 aliphatic carbocycles. The molecule has 0 spiro atoms. The van der Waals surface area contributed by atoms with Crippen molar-refractivity contribution in [2.75, 3.05) is 6.61 Å². The highest BCUT2D eigenvalue weighted by molar-refractivity contribution is 6.74. The van der Waals surface area contributed by atoms with Gasteiger partial charge < -0.3 is 19.3 Å². The first-order valence-corrected chi connectivity index (χ1v) is 16.6. The maximum absolute atomic E-state index is 13.3. The largest absolute Gasteiger partial charge is 0.481 e. The first kappa shape index (κ1) is 29.3. The monoisotopic (exact) mass is 557 g/mol. The molecule has 4 rings (SSSR count). The van der Waals surface area contributed by atoms with Crippen LogP contribution in [0.2, 0.25) is 18.1 Å². The highest BCUT2D eigenvalue weighted by Gasteiger charge is 2.38. The molecule has 1 heterocycles. The molecule has 40 heavy (non-hydrogen) atoms. The van der Waals surface area contributed by atoms with E-state index in [1.807, 2.05) is 72.8 Å². The maximum Gasteiger partial charge on any atom is 0.306 e. The molecule has 1 aromatic heterocycles. The number of hydrogen-bond acceptors (Lipinski definition) is 4. The molecule has 0 fully saturated rings. The third kappa shape index (κ3) is 7.28. The second-order valence-corrected chi connectivity index (χ2v) is 16.7. The van der Waals surface area contributed by atoms with E-state index in [2.05, 4.69) is 39.2 Å². The molecule has 2 unspecified atom stereocenters. The molecule has 1 amide bonds. The van der Waals surface area contributed by atoms with Crippen molar-refractivity contribution >= 4 is 31.2 Å². The second-order valence-electron chi connectivity index (χ2n) is 11.9. The topological polar surface area (TPSA) is 88.8 Å². The van der Waals surface area contributed by atoms with Crippen molar-refractivity contribution in [2.24, 2.45) is 5.92 Å². The highest BCUT2D eigenvalue weighted by Crippen LogP contribution is 2.36. The Morgan fingerprint density at radius 2 is 1.60 bits per heavy atom. The van der Waals surface area contributed by atoms with Gasteiger partial charge in [-0.05, 0) is 60.8 Å². The summed E-state index contributed by atoms with van der Waals surface area (Å²) in [6.45, 7) is 11.0. The molecule has 0 saturated carbocycles. The Bertz CT molecular complexity index is 1400. The average Bonchev–Trinajstić information content (AvgIpc) is 3.36. The van der Waals surface area contributed by atoms with E-state index in [1.165, 1.54) is 0 Å². The van der Waals surface area contributed by atoms with Gasteiger partial charge in [0.05, 0.1) is 18.6 Å². The van der Waals surface area contributed by atoms with Crippen LogP contribution in [0.3, 0.4) is 0 Å².